The first-order valence-corrected chi connectivity index (χ1v) is 12.4. The van der Waals surface area contributed by atoms with Crippen LogP contribution in [-0.4, -0.2) is 36.3 Å². The van der Waals surface area contributed by atoms with Crippen molar-refractivity contribution in [2.75, 3.05) is 19.6 Å². The van der Waals surface area contributed by atoms with E-state index in [4.69, 9.17) is 13.6 Å². The molecule has 4 nitrogen and oxygen atoms in total. The van der Waals surface area contributed by atoms with Gasteiger partial charge in [0.15, 0.2) is 16.6 Å². The van der Waals surface area contributed by atoms with Crippen LogP contribution in [0.2, 0.25) is 32.7 Å². The second-order valence-electron chi connectivity index (χ2n) is 5.17. The lowest BCUT2D eigenvalue weighted by atomic mass is 10.9. The standard InChI is InChI=1S/C9H24O3Si2.C2H5N.6CH4/c1-7-10-8-11-9-14(5,6)12-13(2,3)4;1-2-3;;;;;;/h7-9H2,1-6H3;2H,1,3H2;6*1H4. The van der Waals surface area contributed by atoms with E-state index >= 15 is 0 Å². The zero-order valence-electron chi connectivity index (χ0n) is 12.2. The summed E-state index contributed by atoms with van der Waals surface area (Å²) < 4.78 is 16.6. The van der Waals surface area contributed by atoms with Gasteiger partial charge in [0.05, 0.1) is 6.23 Å². The van der Waals surface area contributed by atoms with Crippen molar-refractivity contribution in [1.82, 2.24) is 0 Å². The lowest BCUT2D eigenvalue weighted by molar-refractivity contribution is -0.0368. The molecular formula is C17H53NO3Si2. The van der Waals surface area contributed by atoms with Gasteiger partial charge < -0.3 is 19.3 Å². The van der Waals surface area contributed by atoms with Crippen LogP contribution < -0.4 is 5.73 Å². The third kappa shape index (κ3) is 52.1. The van der Waals surface area contributed by atoms with Gasteiger partial charge in [-0.1, -0.05) is 51.1 Å². The van der Waals surface area contributed by atoms with E-state index < -0.39 is 16.6 Å². The highest BCUT2D eigenvalue weighted by atomic mass is 28.4. The molecule has 0 aliphatic heterocycles. The van der Waals surface area contributed by atoms with Crippen LogP contribution in [0, 0.1) is 0 Å². The zero-order chi connectivity index (χ0) is 13.9. The van der Waals surface area contributed by atoms with Crippen LogP contribution >= 0.6 is 0 Å². The van der Waals surface area contributed by atoms with Crippen LogP contribution in [0.5, 0.6) is 0 Å². The van der Waals surface area contributed by atoms with Gasteiger partial charge in [0, 0.05) is 6.61 Å². The van der Waals surface area contributed by atoms with E-state index in [9.17, 15) is 0 Å². The van der Waals surface area contributed by atoms with Crippen molar-refractivity contribution in [2.24, 2.45) is 5.73 Å². The Kier molecular flexibility index (Phi) is 57.5. The third-order valence-corrected chi connectivity index (χ3v) is 6.96. The number of nitrogens with two attached hydrogens (primary N) is 1. The lowest BCUT2D eigenvalue weighted by Gasteiger charge is -2.31. The second-order valence-corrected chi connectivity index (χ2v) is 14.0. The number of hydrogen-bond donors (Lipinski definition) is 1. The van der Waals surface area contributed by atoms with Gasteiger partial charge >= 0.3 is 0 Å². The van der Waals surface area contributed by atoms with Gasteiger partial charge in [0.1, 0.15) is 6.79 Å². The Labute approximate surface area is 153 Å². The molecule has 0 aromatic rings. The van der Waals surface area contributed by atoms with E-state index in [1.165, 1.54) is 6.20 Å². The summed E-state index contributed by atoms with van der Waals surface area (Å²) >= 11 is 0. The minimum absolute atomic E-state index is 0. The molecule has 0 aliphatic carbocycles. The monoisotopic (exact) mass is 375 g/mol. The van der Waals surface area contributed by atoms with Crippen LogP contribution in [-0.2, 0) is 13.6 Å². The topological polar surface area (TPSA) is 53.7 Å². The molecule has 152 valence electrons. The molecule has 0 aliphatic rings. The highest BCUT2D eigenvalue weighted by molar-refractivity contribution is 6.84. The maximum atomic E-state index is 6.10. The first-order valence-electron chi connectivity index (χ1n) is 5.87. The molecule has 0 atom stereocenters. The Morgan fingerprint density at radius 1 is 0.870 bits per heavy atom. The molecule has 0 saturated carbocycles. The lowest BCUT2D eigenvalue weighted by Crippen LogP contribution is -2.46. The van der Waals surface area contributed by atoms with Crippen LogP contribution in [0.3, 0.4) is 0 Å². The maximum absolute atomic E-state index is 6.10. The van der Waals surface area contributed by atoms with Gasteiger partial charge in [-0.15, -0.1) is 0 Å². The summed E-state index contributed by atoms with van der Waals surface area (Å²) in [6, 6.07) is 0. The molecule has 0 unspecified atom stereocenters. The Hall–Kier alpha value is -0.146. The predicted octanol–water partition coefficient (Wildman–Crippen LogP) is 6.50. The van der Waals surface area contributed by atoms with Crippen molar-refractivity contribution in [3.63, 3.8) is 0 Å². The molecule has 0 aromatic heterocycles. The Morgan fingerprint density at radius 3 is 1.48 bits per heavy atom. The summed E-state index contributed by atoms with van der Waals surface area (Å²) in [5, 5.41) is 0. The second kappa shape index (κ2) is 26.7. The fourth-order valence-electron chi connectivity index (χ4n) is 1.29. The molecule has 0 saturated heterocycles. The van der Waals surface area contributed by atoms with Crippen molar-refractivity contribution in [2.45, 2.75) is 84.2 Å². The zero-order valence-corrected chi connectivity index (χ0v) is 14.2. The molecule has 0 fully saturated rings. The van der Waals surface area contributed by atoms with Gasteiger partial charge in [-0.3, -0.25) is 0 Å². The molecule has 23 heavy (non-hydrogen) atoms. The fourth-order valence-corrected chi connectivity index (χ4v) is 8.73. The first kappa shape index (κ1) is 49.5. The van der Waals surface area contributed by atoms with Crippen molar-refractivity contribution in [3.8, 4) is 0 Å². The third-order valence-electron chi connectivity index (χ3n) is 1.40. The summed E-state index contributed by atoms with van der Waals surface area (Å²) in [6.45, 7) is 17.2. The van der Waals surface area contributed by atoms with Crippen molar-refractivity contribution in [1.29, 1.82) is 0 Å². The fraction of sp³-hybridized carbons (Fsp3) is 0.882. The minimum Gasteiger partial charge on any atom is -0.454 e. The van der Waals surface area contributed by atoms with E-state index in [-0.39, 0.29) is 44.6 Å². The average molecular weight is 376 g/mol. The quantitative estimate of drug-likeness (QED) is 0.313. The van der Waals surface area contributed by atoms with Crippen LogP contribution in [0.25, 0.3) is 0 Å². The maximum Gasteiger partial charge on any atom is 0.199 e. The molecule has 0 heterocycles. The molecular weight excluding hydrogens is 322 g/mol. The minimum atomic E-state index is -1.63. The molecule has 0 bridgehead atoms. The van der Waals surface area contributed by atoms with E-state index in [2.05, 4.69) is 45.0 Å². The summed E-state index contributed by atoms with van der Waals surface area (Å²) in [4.78, 5) is 0. The Bertz CT molecular complexity index is 197. The van der Waals surface area contributed by atoms with Gasteiger partial charge in [-0.2, -0.15) is 0 Å². The molecule has 0 radical (unpaired) electrons. The average Bonchev–Trinajstić information content (AvgIpc) is 2.10. The van der Waals surface area contributed by atoms with Crippen molar-refractivity contribution < 1.29 is 13.6 Å². The largest absolute Gasteiger partial charge is 0.454 e. The Morgan fingerprint density at radius 2 is 1.22 bits per heavy atom. The summed E-state index contributed by atoms with van der Waals surface area (Å²) in [5.74, 6) is 0. The highest BCUT2D eigenvalue weighted by Gasteiger charge is 2.29. The molecule has 2 N–H and O–H groups in total. The van der Waals surface area contributed by atoms with Gasteiger partial charge in [0.25, 0.3) is 0 Å². The Balaban J connectivity index is -0.0000000386. The van der Waals surface area contributed by atoms with E-state index in [1.54, 1.807) is 0 Å². The molecule has 0 aromatic carbocycles. The van der Waals surface area contributed by atoms with Gasteiger partial charge in [-0.25, -0.2) is 0 Å². The number of ether oxygens (including phenoxy) is 2. The molecule has 0 amide bonds. The number of hydrogen-bond acceptors (Lipinski definition) is 4. The summed E-state index contributed by atoms with van der Waals surface area (Å²) in [6.07, 6.45) is 1.97. The van der Waals surface area contributed by atoms with Crippen molar-refractivity contribution in [3.05, 3.63) is 12.8 Å². The number of rotatable bonds is 7. The van der Waals surface area contributed by atoms with Crippen LogP contribution in [0.15, 0.2) is 12.8 Å². The summed E-state index contributed by atoms with van der Waals surface area (Å²) in [7, 11) is -3.05. The predicted molar refractivity (Wildman–Crippen MR) is 119 cm³/mol. The smallest absolute Gasteiger partial charge is 0.199 e. The van der Waals surface area contributed by atoms with E-state index in [1.807, 2.05) is 6.92 Å². The first-order chi connectivity index (χ1) is 7.68. The van der Waals surface area contributed by atoms with Crippen LogP contribution in [0.4, 0.5) is 0 Å². The SMILES string of the molecule is C.C.C.C.C.C.C=CN.CCOCOC[Si](C)(C)O[Si](C)(C)C. The molecule has 6 heteroatoms. The normalized spacial score (nSPS) is 8.61. The summed E-state index contributed by atoms with van der Waals surface area (Å²) in [5.41, 5.74) is 4.61. The highest BCUT2D eigenvalue weighted by Crippen LogP contribution is 2.14. The van der Waals surface area contributed by atoms with Crippen LogP contribution in [0.1, 0.15) is 51.5 Å². The van der Waals surface area contributed by atoms with E-state index in [0.29, 0.717) is 13.4 Å². The van der Waals surface area contributed by atoms with Crippen molar-refractivity contribution >= 4 is 16.6 Å². The molecule has 0 spiro atoms. The van der Waals surface area contributed by atoms with Gasteiger partial charge in [-0.05, 0) is 45.9 Å². The van der Waals surface area contributed by atoms with Gasteiger partial charge in [0.2, 0.25) is 0 Å². The molecule has 0 rings (SSSR count). The van der Waals surface area contributed by atoms with E-state index in [0.717, 1.165) is 6.23 Å².